The molecule has 0 radical (unpaired) electrons. The predicted molar refractivity (Wildman–Crippen MR) is 68.6 cm³/mol. The van der Waals surface area contributed by atoms with Crippen LogP contribution in [-0.2, 0) is 6.42 Å². The van der Waals surface area contributed by atoms with Crippen LogP contribution in [0.1, 0.15) is 30.5 Å². The first kappa shape index (κ1) is 12.3. The summed E-state index contributed by atoms with van der Waals surface area (Å²) in [5.41, 5.74) is 3.84. The zero-order valence-electron chi connectivity index (χ0n) is 9.97. The molecule has 0 aromatic heterocycles. The van der Waals surface area contributed by atoms with Crippen LogP contribution >= 0.6 is 11.6 Å². The lowest BCUT2D eigenvalue weighted by Gasteiger charge is -2.11. The highest BCUT2D eigenvalue weighted by atomic mass is 35.5. The molecule has 0 nitrogen and oxygen atoms in total. The van der Waals surface area contributed by atoms with Crippen LogP contribution in [0.2, 0.25) is 5.02 Å². The summed E-state index contributed by atoms with van der Waals surface area (Å²) in [4.78, 5) is 0. The molecular formula is C14H19Cl. The van der Waals surface area contributed by atoms with Crippen molar-refractivity contribution in [3.05, 3.63) is 46.0 Å². The van der Waals surface area contributed by atoms with Gasteiger partial charge in [0.2, 0.25) is 0 Å². The minimum absolute atomic E-state index is 0.551. The van der Waals surface area contributed by atoms with Gasteiger partial charge < -0.3 is 0 Å². The highest BCUT2D eigenvalue weighted by Crippen LogP contribution is 2.23. The largest absolute Gasteiger partial charge is 0.0914 e. The monoisotopic (exact) mass is 222 g/mol. The molecule has 1 rings (SSSR count). The van der Waals surface area contributed by atoms with Crippen molar-refractivity contribution < 1.29 is 0 Å². The van der Waals surface area contributed by atoms with E-state index in [1.165, 1.54) is 16.7 Å². The van der Waals surface area contributed by atoms with Crippen LogP contribution in [0, 0.1) is 19.8 Å². The lowest BCUT2D eigenvalue weighted by Crippen LogP contribution is -1.98. The van der Waals surface area contributed by atoms with Gasteiger partial charge in [0.15, 0.2) is 0 Å². The van der Waals surface area contributed by atoms with E-state index in [1.807, 2.05) is 0 Å². The number of hydrogen-bond acceptors (Lipinski definition) is 0. The fourth-order valence-corrected chi connectivity index (χ4v) is 2.04. The molecule has 1 aromatic rings. The van der Waals surface area contributed by atoms with Gasteiger partial charge in [-0.15, -0.1) is 0 Å². The third-order valence-electron chi connectivity index (χ3n) is 2.73. The lowest BCUT2D eigenvalue weighted by molar-refractivity contribution is 0.722. The Balaban J connectivity index is 2.90. The van der Waals surface area contributed by atoms with Gasteiger partial charge in [0.05, 0.1) is 0 Å². The average molecular weight is 223 g/mol. The van der Waals surface area contributed by atoms with Gasteiger partial charge in [0.25, 0.3) is 0 Å². The van der Waals surface area contributed by atoms with E-state index in [-0.39, 0.29) is 0 Å². The molecule has 82 valence electrons. The summed E-state index contributed by atoms with van der Waals surface area (Å²) >= 11 is 6.22. The molecule has 1 unspecified atom stereocenters. The first-order valence-corrected chi connectivity index (χ1v) is 5.80. The molecule has 15 heavy (non-hydrogen) atoms. The van der Waals surface area contributed by atoms with Crippen LogP contribution in [0.25, 0.3) is 0 Å². The van der Waals surface area contributed by atoms with Gasteiger partial charge in [-0.05, 0) is 55.9 Å². The van der Waals surface area contributed by atoms with Gasteiger partial charge in [-0.3, -0.25) is 0 Å². The summed E-state index contributed by atoms with van der Waals surface area (Å²) in [6.07, 6.45) is 5.33. The lowest BCUT2D eigenvalue weighted by atomic mass is 9.97. The van der Waals surface area contributed by atoms with Crippen molar-refractivity contribution in [2.75, 3.05) is 0 Å². The van der Waals surface area contributed by atoms with Crippen LogP contribution in [0.4, 0.5) is 0 Å². The van der Waals surface area contributed by atoms with E-state index in [2.05, 4.69) is 52.0 Å². The molecule has 1 aromatic carbocycles. The molecule has 0 saturated carbocycles. The quantitative estimate of drug-likeness (QED) is 0.650. The van der Waals surface area contributed by atoms with E-state index in [9.17, 15) is 0 Å². The first-order valence-electron chi connectivity index (χ1n) is 5.43. The Morgan fingerprint density at radius 3 is 2.47 bits per heavy atom. The zero-order chi connectivity index (χ0) is 11.4. The fourth-order valence-electron chi connectivity index (χ4n) is 1.74. The Labute approximate surface area is 98.0 Å². The van der Waals surface area contributed by atoms with Gasteiger partial charge in [-0.2, -0.15) is 0 Å². The van der Waals surface area contributed by atoms with Crippen molar-refractivity contribution in [1.82, 2.24) is 0 Å². The third kappa shape index (κ3) is 3.39. The van der Waals surface area contributed by atoms with Gasteiger partial charge in [0, 0.05) is 5.02 Å². The maximum absolute atomic E-state index is 6.22. The molecule has 0 fully saturated rings. The van der Waals surface area contributed by atoms with E-state index in [4.69, 9.17) is 11.6 Å². The summed E-state index contributed by atoms with van der Waals surface area (Å²) in [5, 5.41) is 0.898. The molecule has 0 aliphatic heterocycles. The first-order chi connectivity index (χ1) is 7.04. The molecule has 0 saturated heterocycles. The van der Waals surface area contributed by atoms with Gasteiger partial charge in [-0.1, -0.05) is 36.7 Å². The van der Waals surface area contributed by atoms with Crippen molar-refractivity contribution in [1.29, 1.82) is 0 Å². The van der Waals surface area contributed by atoms with Crippen molar-refractivity contribution in [2.24, 2.45) is 5.92 Å². The maximum Gasteiger partial charge on any atom is 0.0441 e. The molecule has 0 bridgehead atoms. The Bertz CT molecular complexity index is 364. The highest BCUT2D eigenvalue weighted by molar-refractivity contribution is 6.31. The molecule has 0 N–H and O–H groups in total. The minimum atomic E-state index is 0.551. The highest BCUT2D eigenvalue weighted by Gasteiger charge is 2.06. The van der Waals surface area contributed by atoms with Gasteiger partial charge in [-0.25, -0.2) is 0 Å². The maximum atomic E-state index is 6.22. The second-order valence-corrected chi connectivity index (χ2v) is 4.64. The third-order valence-corrected chi connectivity index (χ3v) is 3.08. The predicted octanol–water partition coefficient (Wildman–Crippen LogP) is 4.71. The Morgan fingerprint density at radius 1 is 1.27 bits per heavy atom. The molecule has 0 aliphatic carbocycles. The van der Waals surface area contributed by atoms with Crippen LogP contribution in [0.5, 0.6) is 0 Å². The second kappa shape index (κ2) is 5.37. The number of hydrogen-bond donors (Lipinski definition) is 0. The van der Waals surface area contributed by atoms with E-state index in [0.717, 1.165) is 11.4 Å². The Kier molecular flexibility index (Phi) is 4.41. The Morgan fingerprint density at radius 2 is 1.87 bits per heavy atom. The van der Waals surface area contributed by atoms with Crippen molar-refractivity contribution in [3.8, 4) is 0 Å². The van der Waals surface area contributed by atoms with Gasteiger partial charge >= 0.3 is 0 Å². The molecule has 0 amide bonds. The molecule has 0 aliphatic rings. The van der Waals surface area contributed by atoms with Crippen LogP contribution in [-0.4, -0.2) is 0 Å². The Hall–Kier alpha value is -0.750. The topological polar surface area (TPSA) is 0 Å². The summed E-state index contributed by atoms with van der Waals surface area (Å²) in [6, 6.07) is 4.27. The normalized spacial score (nSPS) is 13.4. The van der Waals surface area contributed by atoms with Crippen LogP contribution in [0.15, 0.2) is 24.3 Å². The smallest absolute Gasteiger partial charge is 0.0441 e. The second-order valence-electron chi connectivity index (χ2n) is 4.24. The number of benzene rings is 1. The van der Waals surface area contributed by atoms with E-state index >= 15 is 0 Å². The summed E-state index contributed by atoms with van der Waals surface area (Å²) in [6.45, 7) is 8.50. The average Bonchev–Trinajstić information content (AvgIpc) is 2.14. The number of rotatable bonds is 3. The number of allylic oxidation sites excluding steroid dienone is 2. The SMILES string of the molecule is C/C=C\C(C)Cc1cc(C)c(C)cc1Cl. The standard InChI is InChI=1S/C14H19Cl/c1-5-6-10(2)7-13-8-11(3)12(4)9-14(13)15/h5-6,8-10H,7H2,1-4H3/b6-5-. The van der Waals surface area contributed by atoms with Crippen LogP contribution in [0.3, 0.4) is 0 Å². The number of aryl methyl sites for hydroxylation is 2. The summed E-state index contributed by atoms with van der Waals surface area (Å²) in [5.74, 6) is 0.551. The summed E-state index contributed by atoms with van der Waals surface area (Å²) < 4.78 is 0. The zero-order valence-corrected chi connectivity index (χ0v) is 10.7. The molecule has 0 heterocycles. The number of halogens is 1. The van der Waals surface area contributed by atoms with E-state index < -0.39 is 0 Å². The van der Waals surface area contributed by atoms with Crippen molar-refractivity contribution in [3.63, 3.8) is 0 Å². The fraction of sp³-hybridized carbons (Fsp3) is 0.429. The van der Waals surface area contributed by atoms with Crippen molar-refractivity contribution >= 4 is 11.6 Å². The minimum Gasteiger partial charge on any atom is -0.0914 e. The molecule has 1 atom stereocenters. The molecular weight excluding hydrogens is 204 g/mol. The van der Waals surface area contributed by atoms with Gasteiger partial charge in [0.1, 0.15) is 0 Å². The van der Waals surface area contributed by atoms with Crippen LogP contribution < -0.4 is 0 Å². The molecule has 1 heteroatoms. The van der Waals surface area contributed by atoms with E-state index in [1.54, 1.807) is 0 Å². The van der Waals surface area contributed by atoms with E-state index in [0.29, 0.717) is 5.92 Å². The summed E-state index contributed by atoms with van der Waals surface area (Å²) in [7, 11) is 0. The molecule has 0 spiro atoms. The van der Waals surface area contributed by atoms with Crippen molar-refractivity contribution in [2.45, 2.75) is 34.1 Å².